The fourth-order valence-corrected chi connectivity index (χ4v) is 3.80. The molecule has 122 valence electrons. The summed E-state index contributed by atoms with van der Waals surface area (Å²) < 4.78 is 31.6. The number of carbonyl (C=O) groups excluding carboxylic acids is 1. The van der Waals surface area contributed by atoms with Gasteiger partial charge in [0.2, 0.25) is 0 Å². The van der Waals surface area contributed by atoms with Crippen LogP contribution >= 0.6 is 11.6 Å². The van der Waals surface area contributed by atoms with Crippen molar-refractivity contribution >= 4 is 33.3 Å². The lowest BCUT2D eigenvalue weighted by Crippen LogP contribution is -2.32. The van der Waals surface area contributed by atoms with Crippen LogP contribution in [0.15, 0.2) is 53.4 Å². The van der Waals surface area contributed by atoms with Gasteiger partial charge in [-0.25, -0.2) is 13.2 Å². The first-order chi connectivity index (χ1) is 10.9. The summed E-state index contributed by atoms with van der Waals surface area (Å²) in [5.41, 5.74) is 0.464. The Morgan fingerprint density at radius 2 is 1.74 bits per heavy atom. The van der Waals surface area contributed by atoms with Crippen LogP contribution in [-0.2, 0) is 14.8 Å². The van der Waals surface area contributed by atoms with E-state index in [1.807, 2.05) is 0 Å². The predicted molar refractivity (Wildman–Crippen MR) is 89.4 cm³/mol. The van der Waals surface area contributed by atoms with E-state index < -0.39 is 16.0 Å². The number of hydrogen-bond acceptors (Lipinski definition) is 4. The second kappa shape index (κ2) is 7.02. The molecule has 0 aromatic heterocycles. The highest BCUT2D eigenvalue weighted by Gasteiger charge is 2.27. The SMILES string of the molecule is CCN(c1ccccc1C(=O)OC)S(=O)(=O)c1ccc(Cl)cc1. The summed E-state index contributed by atoms with van der Waals surface area (Å²) in [5.74, 6) is -0.592. The number of rotatable bonds is 5. The number of anilines is 1. The van der Waals surface area contributed by atoms with Crippen LogP contribution in [0.4, 0.5) is 5.69 Å². The average Bonchev–Trinajstić information content (AvgIpc) is 2.55. The van der Waals surface area contributed by atoms with Gasteiger partial charge in [-0.05, 0) is 43.3 Å². The molecule has 0 aliphatic rings. The lowest BCUT2D eigenvalue weighted by molar-refractivity contribution is 0.0601. The Morgan fingerprint density at radius 3 is 2.30 bits per heavy atom. The molecule has 0 saturated carbocycles. The van der Waals surface area contributed by atoms with Gasteiger partial charge in [-0.3, -0.25) is 4.31 Å². The number of carbonyl (C=O) groups is 1. The van der Waals surface area contributed by atoms with E-state index in [2.05, 4.69) is 0 Å². The highest BCUT2D eigenvalue weighted by atomic mass is 35.5. The van der Waals surface area contributed by atoms with Crippen LogP contribution in [0.1, 0.15) is 17.3 Å². The zero-order valence-electron chi connectivity index (χ0n) is 12.7. The van der Waals surface area contributed by atoms with Gasteiger partial charge in [0.05, 0.1) is 23.3 Å². The summed E-state index contributed by atoms with van der Waals surface area (Å²) in [6, 6.07) is 12.3. The first-order valence-electron chi connectivity index (χ1n) is 6.87. The van der Waals surface area contributed by atoms with E-state index in [9.17, 15) is 13.2 Å². The van der Waals surface area contributed by atoms with Gasteiger partial charge in [-0.2, -0.15) is 0 Å². The molecule has 0 heterocycles. The minimum atomic E-state index is -3.82. The number of methoxy groups -OCH3 is 1. The molecule has 2 aromatic rings. The van der Waals surface area contributed by atoms with Crippen LogP contribution in [0.2, 0.25) is 5.02 Å². The molecule has 0 spiro atoms. The van der Waals surface area contributed by atoms with Crippen molar-refractivity contribution in [1.29, 1.82) is 0 Å². The average molecular weight is 354 g/mol. The Kier molecular flexibility index (Phi) is 5.28. The van der Waals surface area contributed by atoms with Crippen LogP contribution < -0.4 is 4.31 Å². The van der Waals surface area contributed by atoms with E-state index in [0.29, 0.717) is 5.02 Å². The molecule has 23 heavy (non-hydrogen) atoms. The second-order valence-electron chi connectivity index (χ2n) is 4.63. The molecule has 2 aromatic carbocycles. The summed E-state index contributed by atoms with van der Waals surface area (Å²) in [6.07, 6.45) is 0. The van der Waals surface area contributed by atoms with E-state index >= 15 is 0 Å². The number of halogens is 1. The number of benzene rings is 2. The lowest BCUT2D eigenvalue weighted by Gasteiger charge is -2.24. The van der Waals surface area contributed by atoms with Gasteiger partial charge < -0.3 is 4.74 Å². The number of esters is 1. The highest BCUT2D eigenvalue weighted by molar-refractivity contribution is 7.92. The lowest BCUT2D eigenvalue weighted by atomic mass is 10.2. The van der Waals surface area contributed by atoms with Crippen molar-refractivity contribution < 1.29 is 17.9 Å². The maximum absolute atomic E-state index is 12.9. The van der Waals surface area contributed by atoms with Crippen molar-refractivity contribution in [2.45, 2.75) is 11.8 Å². The van der Waals surface area contributed by atoms with Crippen molar-refractivity contribution in [3.8, 4) is 0 Å². The maximum Gasteiger partial charge on any atom is 0.340 e. The van der Waals surface area contributed by atoms with Gasteiger partial charge in [-0.15, -0.1) is 0 Å². The van der Waals surface area contributed by atoms with Crippen LogP contribution in [0.3, 0.4) is 0 Å². The third-order valence-corrected chi connectivity index (χ3v) is 5.42. The third kappa shape index (κ3) is 3.48. The van der Waals surface area contributed by atoms with Crippen LogP contribution in [0, 0.1) is 0 Å². The van der Waals surface area contributed by atoms with Crippen LogP contribution in [0.5, 0.6) is 0 Å². The van der Waals surface area contributed by atoms with Gasteiger partial charge in [-0.1, -0.05) is 23.7 Å². The van der Waals surface area contributed by atoms with Crippen molar-refractivity contribution in [1.82, 2.24) is 0 Å². The largest absolute Gasteiger partial charge is 0.465 e. The first kappa shape index (κ1) is 17.3. The molecule has 0 aliphatic carbocycles. The number of ether oxygens (including phenoxy) is 1. The summed E-state index contributed by atoms with van der Waals surface area (Å²) in [7, 11) is -2.57. The molecule has 0 saturated heterocycles. The molecular weight excluding hydrogens is 338 g/mol. The fourth-order valence-electron chi connectivity index (χ4n) is 2.18. The quantitative estimate of drug-likeness (QED) is 0.773. The van der Waals surface area contributed by atoms with Gasteiger partial charge in [0.15, 0.2) is 0 Å². The zero-order valence-corrected chi connectivity index (χ0v) is 14.3. The van der Waals surface area contributed by atoms with E-state index in [0.717, 1.165) is 0 Å². The second-order valence-corrected chi connectivity index (χ2v) is 6.93. The molecular formula is C16H16ClNO4S. The molecule has 0 atom stereocenters. The maximum atomic E-state index is 12.9. The number of sulfonamides is 1. The van der Waals surface area contributed by atoms with Gasteiger partial charge in [0.25, 0.3) is 10.0 Å². The molecule has 0 aliphatic heterocycles. The summed E-state index contributed by atoms with van der Waals surface area (Å²) in [6.45, 7) is 1.86. The predicted octanol–water partition coefficient (Wildman–Crippen LogP) is 3.34. The van der Waals surface area contributed by atoms with Crippen LogP contribution in [-0.4, -0.2) is 28.0 Å². The number of hydrogen-bond donors (Lipinski definition) is 0. The van der Waals surface area contributed by atoms with Gasteiger partial charge >= 0.3 is 5.97 Å². The van der Waals surface area contributed by atoms with E-state index in [-0.39, 0.29) is 22.7 Å². The Bertz CT molecular complexity index is 803. The molecule has 2 rings (SSSR count). The molecule has 0 unspecified atom stereocenters. The Morgan fingerprint density at radius 1 is 1.13 bits per heavy atom. The minimum absolute atomic E-state index is 0.100. The molecule has 0 radical (unpaired) electrons. The van der Waals surface area contributed by atoms with Crippen molar-refractivity contribution in [3.63, 3.8) is 0 Å². The Labute approximate surface area is 140 Å². The Balaban J connectivity index is 2.56. The molecule has 0 bridgehead atoms. The Hall–Kier alpha value is -2.05. The number of nitrogens with zero attached hydrogens (tertiary/aromatic N) is 1. The first-order valence-corrected chi connectivity index (χ1v) is 8.69. The topological polar surface area (TPSA) is 63.7 Å². The highest BCUT2D eigenvalue weighted by Crippen LogP contribution is 2.28. The molecule has 7 heteroatoms. The minimum Gasteiger partial charge on any atom is -0.465 e. The monoisotopic (exact) mass is 353 g/mol. The number of para-hydroxylation sites is 1. The third-order valence-electron chi connectivity index (χ3n) is 3.27. The molecule has 0 fully saturated rings. The molecule has 5 nitrogen and oxygen atoms in total. The summed E-state index contributed by atoms with van der Waals surface area (Å²) in [5, 5.41) is 0.446. The van der Waals surface area contributed by atoms with E-state index in [1.54, 1.807) is 25.1 Å². The standard InChI is InChI=1S/C16H16ClNO4S/c1-3-18(15-7-5-4-6-14(15)16(19)22-2)23(20,21)13-10-8-12(17)9-11-13/h4-11H,3H2,1-2H3. The van der Waals surface area contributed by atoms with Crippen molar-refractivity contribution in [2.24, 2.45) is 0 Å². The normalized spacial score (nSPS) is 11.1. The fraction of sp³-hybridized carbons (Fsp3) is 0.188. The molecule has 0 amide bonds. The van der Waals surface area contributed by atoms with Gasteiger partial charge in [0, 0.05) is 11.6 Å². The molecule has 0 N–H and O–H groups in total. The van der Waals surface area contributed by atoms with Gasteiger partial charge in [0.1, 0.15) is 0 Å². The van der Waals surface area contributed by atoms with Crippen molar-refractivity contribution in [3.05, 3.63) is 59.1 Å². The zero-order chi connectivity index (χ0) is 17.0. The summed E-state index contributed by atoms with van der Waals surface area (Å²) >= 11 is 5.81. The van der Waals surface area contributed by atoms with Crippen molar-refractivity contribution in [2.75, 3.05) is 18.0 Å². The summed E-state index contributed by atoms with van der Waals surface area (Å²) in [4.78, 5) is 12.0. The smallest absolute Gasteiger partial charge is 0.340 e. The van der Waals surface area contributed by atoms with E-state index in [1.165, 1.54) is 41.7 Å². The van der Waals surface area contributed by atoms with Crippen LogP contribution in [0.25, 0.3) is 0 Å². The van der Waals surface area contributed by atoms with E-state index in [4.69, 9.17) is 16.3 Å².